The van der Waals surface area contributed by atoms with Crippen LogP contribution in [0, 0.1) is 5.41 Å². The maximum absolute atomic E-state index is 10.1. The predicted molar refractivity (Wildman–Crippen MR) is 75.4 cm³/mol. The molecular weight excluding hydrogens is 305 g/mol. The summed E-state index contributed by atoms with van der Waals surface area (Å²) >= 11 is 3.26. The molecule has 0 spiro atoms. The predicted octanol–water partition coefficient (Wildman–Crippen LogP) is 2.98. The van der Waals surface area contributed by atoms with E-state index in [-0.39, 0.29) is 23.6 Å². The van der Waals surface area contributed by atoms with Crippen molar-refractivity contribution in [2.24, 2.45) is 11.1 Å². The van der Waals surface area contributed by atoms with Crippen LogP contribution in [0.15, 0.2) is 22.7 Å². The van der Waals surface area contributed by atoms with Gasteiger partial charge in [-0.15, -0.1) is 12.4 Å². The van der Waals surface area contributed by atoms with Crippen LogP contribution in [0.5, 0.6) is 5.75 Å². The van der Waals surface area contributed by atoms with E-state index in [9.17, 15) is 10.2 Å². The highest BCUT2D eigenvalue weighted by Gasteiger charge is 2.30. The molecule has 0 saturated heterocycles. The molecule has 2 atom stereocenters. The minimum absolute atomic E-state index is 0. The van der Waals surface area contributed by atoms with Gasteiger partial charge in [0.15, 0.2) is 0 Å². The number of halogens is 2. The fourth-order valence-corrected chi connectivity index (χ4v) is 1.86. The minimum atomic E-state index is -0.709. The summed E-state index contributed by atoms with van der Waals surface area (Å²) in [5.74, 6) is 0.102. The SMILES string of the molecule is CC(C)(C)[C@@H](O)[C@@H](N)c1ccc(Br)cc1O.Cl. The molecule has 0 bridgehead atoms. The van der Waals surface area contributed by atoms with E-state index in [1.807, 2.05) is 20.8 Å². The third-order valence-corrected chi connectivity index (χ3v) is 3.07. The van der Waals surface area contributed by atoms with Crippen molar-refractivity contribution in [2.75, 3.05) is 0 Å². The largest absolute Gasteiger partial charge is 0.508 e. The minimum Gasteiger partial charge on any atom is -0.508 e. The Kier molecular flexibility index (Phi) is 5.94. The van der Waals surface area contributed by atoms with Gasteiger partial charge in [-0.25, -0.2) is 0 Å². The van der Waals surface area contributed by atoms with Crippen molar-refractivity contribution in [1.29, 1.82) is 0 Å². The van der Waals surface area contributed by atoms with Crippen molar-refractivity contribution in [3.05, 3.63) is 28.2 Å². The van der Waals surface area contributed by atoms with Crippen LogP contribution in [0.2, 0.25) is 0 Å². The van der Waals surface area contributed by atoms with Gasteiger partial charge < -0.3 is 15.9 Å². The third kappa shape index (κ3) is 4.14. The molecule has 0 aliphatic heterocycles. The summed E-state index contributed by atoms with van der Waals surface area (Å²) in [6.07, 6.45) is -0.709. The fourth-order valence-electron chi connectivity index (χ4n) is 1.51. The van der Waals surface area contributed by atoms with Crippen molar-refractivity contribution in [1.82, 2.24) is 0 Å². The van der Waals surface area contributed by atoms with Gasteiger partial charge in [0.05, 0.1) is 12.1 Å². The maximum Gasteiger partial charge on any atom is 0.121 e. The number of rotatable bonds is 2. The van der Waals surface area contributed by atoms with Gasteiger partial charge in [0, 0.05) is 10.0 Å². The lowest BCUT2D eigenvalue weighted by Crippen LogP contribution is -2.36. The monoisotopic (exact) mass is 323 g/mol. The standard InChI is InChI=1S/C12H18BrNO2.ClH/c1-12(2,3)11(16)10(14)8-5-4-7(13)6-9(8)15;/h4-6,10-11,15-16H,14H2,1-3H3;1H/t10-,11-;/m0./s1. The number of phenols is 1. The van der Waals surface area contributed by atoms with Gasteiger partial charge >= 0.3 is 0 Å². The van der Waals surface area contributed by atoms with E-state index in [2.05, 4.69) is 15.9 Å². The number of aromatic hydroxyl groups is 1. The van der Waals surface area contributed by atoms with Crippen LogP contribution < -0.4 is 5.73 Å². The summed E-state index contributed by atoms with van der Waals surface area (Å²) < 4.78 is 0.784. The molecule has 0 fully saturated rings. The van der Waals surface area contributed by atoms with Crippen LogP contribution in [-0.2, 0) is 0 Å². The Morgan fingerprint density at radius 1 is 1.29 bits per heavy atom. The Hall–Kier alpha value is -0.290. The van der Waals surface area contributed by atoms with Crippen LogP contribution in [0.25, 0.3) is 0 Å². The molecule has 0 heterocycles. The molecule has 4 N–H and O–H groups in total. The smallest absolute Gasteiger partial charge is 0.121 e. The molecule has 17 heavy (non-hydrogen) atoms. The third-order valence-electron chi connectivity index (χ3n) is 2.58. The van der Waals surface area contributed by atoms with Crippen molar-refractivity contribution in [3.8, 4) is 5.75 Å². The summed E-state index contributed by atoms with van der Waals surface area (Å²) in [5.41, 5.74) is 6.19. The molecule has 0 amide bonds. The van der Waals surface area contributed by atoms with Gasteiger partial charge in [0.25, 0.3) is 0 Å². The van der Waals surface area contributed by atoms with Crippen LogP contribution in [0.1, 0.15) is 32.4 Å². The van der Waals surface area contributed by atoms with Crippen LogP contribution >= 0.6 is 28.3 Å². The summed E-state index contributed by atoms with van der Waals surface area (Å²) in [6.45, 7) is 5.73. The lowest BCUT2D eigenvalue weighted by atomic mass is 9.82. The highest BCUT2D eigenvalue weighted by molar-refractivity contribution is 9.10. The first-order chi connectivity index (χ1) is 7.23. The summed E-state index contributed by atoms with van der Waals surface area (Å²) in [7, 11) is 0. The first kappa shape index (κ1) is 16.7. The Morgan fingerprint density at radius 2 is 1.82 bits per heavy atom. The maximum atomic E-state index is 10.1. The molecule has 0 aromatic heterocycles. The van der Waals surface area contributed by atoms with Crippen LogP contribution in [-0.4, -0.2) is 16.3 Å². The summed E-state index contributed by atoms with van der Waals surface area (Å²) in [6, 6.07) is 4.50. The first-order valence-corrected chi connectivity index (χ1v) is 5.95. The summed E-state index contributed by atoms with van der Waals surface area (Å²) in [4.78, 5) is 0. The van der Waals surface area contributed by atoms with Gasteiger partial charge in [0.1, 0.15) is 5.75 Å². The molecule has 5 heteroatoms. The molecule has 0 unspecified atom stereocenters. The van der Waals surface area contributed by atoms with E-state index >= 15 is 0 Å². The second-order valence-electron chi connectivity index (χ2n) is 5.04. The molecule has 0 radical (unpaired) electrons. The number of phenolic OH excluding ortho intramolecular Hbond substituents is 1. The van der Waals surface area contributed by atoms with Crippen LogP contribution in [0.4, 0.5) is 0 Å². The highest BCUT2D eigenvalue weighted by atomic mass is 79.9. The zero-order chi connectivity index (χ0) is 12.5. The number of hydrogen-bond acceptors (Lipinski definition) is 3. The van der Waals surface area contributed by atoms with E-state index in [1.165, 1.54) is 0 Å². The molecule has 0 saturated carbocycles. The molecular formula is C12H19BrClNO2. The van der Waals surface area contributed by atoms with E-state index in [0.717, 1.165) is 4.47 Å². The second kappa shape index (κ2) is 6.05. The zero-order valence-electron chi connectivity index (χ0n) is 10.1. The van der Waals surface area contributed by atoms with Gasteiger partial charge in [-0.2, -0.15) is 0 Å². The Bertz CT molecular complexity index is 379. The lowest BCUT2D eigenvalue weighted by molar-refractivity contribution is 0.0395. The van der Waals surface area contributed by atoms with E-state index in [4.69, 9.17) is 5.73 Å². The fraction of sp³-hybridized carbons (Fsp3) is 0.500. The average molecular weight is 325 g/mol. The number of nitrogens with two attached hydrogens (primary N) is 1. The van der Waals surface area contributed by atoms with Gasteiger partial charge in [-0.05, 0) is 17.5 Å². The van der Waals surface area contributed by atoms with Gasteiger partial charge in [-0.1, -0.05) is 42.8 Å². The lowest BCUT2D eigenvalue weighted by Gasteiger charge is -2.31. The molecule has 98 valence electrons. The average Bonchev–Trinajstić information content (AvgIpc) is 2.14. The summed E-state index contributed by atoms with van der Waals surface area (Å²) in [5, 5.41) is 19.8. The number of benzene rings is 1. The quantitative estimate of drug-likeness (QED) is 0.783. The van der Waals surface area contributed by atoms with Crippen LogP contribution in [0.3, 0.4) is 0 Å². The Morgan fingerprint density at radius 3 is 2.24 bits per heavy atom. The second-order valence-corrected chi connectivity index (χ2v) is 5.96. The van der Waals surface area contributed by atoms with Crippen molar-refractivity contribution in [3.63, 3.8) is 0 Å². The van der Waals surface area contributed by atoms with Crippen molar-refractivity contribution in [2.45, 2.75) is 32.9 Å². The Balaban J connectivity index is 0.00000256. The zero-order valence-corrected chi connectivity index (χ0v) is 12.5. The highest BCUT2D eigenvalue weighted by Crippen LogP contribution is 2.33. The molecule has 1 rings (SSSR count). The first-order valence-electron chi connectivity index (χ1n) is 5.15. The van der Waals surface area contributed by atoms with Crippen molar-refractivity contribution >= 4 is 28.3 Å². The topological polar surface area (TPSA) is 66.5 Å². The van der Waals surface area contributed by atoms with E-state index < -0.39 is 12.1 Å². The normalized spacial score (nSPS) is 14.9. The molecule has 1 aromatic carbocycles. The van der Waals surface area contributed by atoms with E-state index in [0.29, 0.717) is 5.56 Å². The molecule has 1 aromatic rings. The Labute approximate surface area is 117 Å². The number of aliphatic hydroxyl groups is 1. The molecule has 0 aliphatic carbocycles. The number of hydrogen-bond donors (Lipinski definition) is 3. The van der Waals surface area contributed by atoms with Gasteiger partial charge in [-0.3, -0.25) is 0 Å². The van der Waals surface area contributed by atoms with Crippen molar-refractivity contribution < 1.29 is 10.2 Å². The molecule has 0 aliphatic rings. The van der Waals surface area contributed by atoms with Gasteiger partial charge in [0.2, 0.25) is 0 Å². The van der Waals surface area contributed by atoms with E-state index in [1.54, 1.807) is 18.2 Å². The number of aliphatic hydroxyl groups excluding tert-OH is 1. The molecule has 3 nitrogen and oxygen atoms in total.